The van der Waals surface area contributed by atoms with Crippen LogP contribution in [0.4, 0.5) is 18.3 Å². The van der Waals surface area contributed by atoms with Gasteiger partial charge in [0.1, 0.15) is 4.88 Å². The lowest BCUT2D eigenvalue weighted by Crippen LogP contribution is -2.00. The summed E-state index contributed by atoms with van der Waals surface area (Å²) in [5.74, 6) is 0. The van der Waals surface area contributed by atoms with Crippen molar-refractivity contribution in [1.29, 1.82) is 0 Å². The number of thiazole rings is 1. The van der Waals surface area contributed by atoms with Crippen molar-refractivity contribution in [2.45, 2.75) is 13.1 Å². The van der Waals surface area contributed by atoms with Crippen LogP contribution in [0, 0.1) is 0 Å². The zero-order valence-corrected chi connectivity index (χ0v) is 7.09. The molecule has 1 aromatic heterocycles. The monoisotopic (exact) mass is 196 g/mol. The quantitative estimate of drug-likeness (QED) is 0.786. The second kappa shape index (κ2) is 3.30. The molecule has 0 aromatic carbocycles. The van der Waals surface area contributed by atoms with Crippen LogP contribution in [0.2, 0.25) is 0 Å². The number of alkyl halides is 3. The summed E-state index contributed by atoms with van der Waals surface area (Å²) in [6.07, 6.45) is -3.44. The number of aromatic nitrogens is 1. The third-order valence-electron chi connectivity index (χ3n) is 1.11. The molecule has 12 heavy (non-hydrogen) atoms. The highest BCUT2D eigenvalue weighted by atomic mass is 32.1. The largest absolute Gasteiger partial charge is 0.427 e. The van der Waals surface area contributed by atoms with Crippen LogP contribution in [0.1, 0.15) is 11.8 Å². The first-order valence-electron chi connectivity index (χ1n) is 3.31. The van der Waals surface area contributed by atoms with Crippen molar-refractivity contribution in [1.82, 2.24) is 4.98 Å². The van der Waals surface area contributed by atoms with Crippen molar-refractivity contribution in [2.75, 3.05) is 11.9 Å². The molecule has 1 rings (SSSR count). The lowest BCUT2D eigenvalue weighted by molar-refractivity contribution is -0.134. The molecule has 1 N–H and O–H groups in total. The molecule has 0 spiro atoms. The number of anilines is 1. The fourth-order valence-corrected chi connectivity index (χ4v) is 1.39. The Labute approximate surface area is 71.4 Å². The summed E-state index contributed by atoms with van der Waals surface area (Å²) in [6, 6.07) is 0. The molecule has 0 saturated carbocycles. The molecule has 2 nitrogen and oxygen atoms in total. The summed E-state index contributed by atoms with van der Waals surface area (Å²) >= 11 is 0.617. The number of nitrogens with one attached hydrogen (secondary N) is 1. The van der Waals surface area contributed by atoms with Crippen molar-refractivity contribution < 1.29 is 13.2 Å². The van der Waals surface area contributed by atoms with Gasteiger partial charge in [0.25, 0.3) is 0 Å². The molecule has 0 bridgehead atoms. The summed E-state index contributed by atoms with van der Waals surface area (Å²) in [6.45, 7) is 2.37. The molecular formula is C6H7F3N2S. The normalized spacial score (nSPS) is 11.7. The van der Waals surface area contributed by atoms with Gasteiger partial charge in [-0.1, -0.05) is 11.3 Å². The standard InChI is InChI=1S/C6H7F3N2S/c1-2-10-5-11-3-4(12-5)6(7,8)9/h3H,2H2,1H3,(H,10,11). The van der Waals surface area contributed by atoms with Gasteiger partial charge >= 0.3 is 6.18 Å². The number of hydrogen-bond donors (Lipinski definition) is 1. The maximum Gasteiger partial charge on any atom is 0.427 e. The topological polar surface area (TPSA) is 24.9 Å². The predicted octanol–water partition coefficient (Wildman–Crippen LogP) is 2.59. The van der Waals surface area contributed by atoms with Crippen molar-refractivity contribution in [3.63, 3.8) is 0 Å². The molecule has 0 fully saturated rings. The lowest BCUT2D eigenvalue weighted by Gasteiger charge is -1.99. The van der Waals surface area contributed by atoms with Crippen LogP contribution in [-0.4, -0.2) is 11.5 Å². The van der Waals surface area contributed by atoms with Crippen LogP contribution < -0.4 is 5.32 Å². The van der Waals surface area contributed by atoms with Crippen LogP contribution in [-0.2, 0) is 6.18 Å². The minimum atomic E-state index is -4.27. The summed E-state index contributed by atoms with van der Waals surface area (Å²) in [5.41, 5.74) is 0. The third kappa shape index (κ3) is 2.10. The van der Waals surface area contributed by atoms with E-state index in [1.165, 1.54) is 0 Å². The Morgan fingerprint density at radius 2 is 2.25 bits per heavy atom. The fraction of sp³-hybridized carbons (Fsp3) is 0.500. The van der Waals surface area contributed by atoms with Crippen LogP contribution in [0.5, 0.6) is 0 Å². The fourth-order valence-electron chi connectivity index (χ4n) is 0.638. The predicted molar refractivity (Wildman–Crippen MR) is 41.3 cm³/mol. The number of rotatable bonds is 2. The second-order valence-electron chi connectivity index (χ2n) is 2.06. The van der Waals surface area contributed by atoms with E-state index in [0.717, 1.165) is 6.20 Å². The van der Waals surface area contributed by atoms with Crippen molar-refractivity contribution in [3.8, 4) is 0 Å². The zero-order valence-electron chi connectivity index (χ0n) is 6.27. The summed E-state index contributed by atoms with van der Waals surface area (Å²) < 4.78 is 36.0. The van der Waals surface area contributed by atoms with E-state index in [4.69, 9.17) is 0 Å². The highest BCUT2D eigenvalue weighted by Gasteiger charge is 2.33. The molecule has 0 aliphatic rings. The second-order valence-corrected chi connectivity index (χ2v) is 3.09. The van der Waals surface area contributed by atoms with Gasteiger partial charge in [-0.3, -0.25) is 0 Å². The third-order valence-corrected chi connectivity index (χ3v) is 2.11. The number of hydrogen-bond acceptors (Lipinski definition) is 3. The summed E-state index contributed by atoms with van der Waals surface area (Å²) in [7, 11) is 0. The number of halogens is 3. The van der Waals surface area contributed by atoms with Crippen LogP contribution >= 0.6 is 11.3 Å². The Bertz CT molecular complexity index is 256. The lowest BCUT2D eigenvalue weighted by atomic mass is 10.5. The first-order chi connectivity index (χ1) is 5.54. The zero-order chi connectivity index (χ0) is 9.19. The van der Waals surface area contributed by atoms with E-state index in [-0.39, 0.29) is 0 Å². The van der Waals surface area contributed by atoms with E-state index in [1.807, 2.05) is 0 Å². The SMILES string of the molecule is CCNc1ncc(C(F)(F)F)s1. The number of nitrogens with zero attached hydrogens (tertiary/aromatic N) is 1. The van der Waals surface area contributed by atoms with Gasteiger partial charge < -0.3 is 5.32 Å². The van der Waals surface area contributed by atoms with E-state index in [0.29, 0.717) is 23.0 Å². The van der Waals surface area contributed by atoms with E-state index in [2.05, 4.69) is 10.3 Å². The molecule has 0 unspecified atom stereocenters. The molecule has 0 aliphatic heterocycles. The maximum atomic E-state index is 12.0. The average Bonchev–Trinajstić information content (AvgIpc) is 2.35. The van der Waals surface area contributed by atoms with Crippen molar-refractivity contribution >= 4 is 16.5 Å². The van der Waals surface area contributed by atoms with Gasteiger partial charge in [0.2, 0.25) is 0 Å². The molecule has 0 atom stereocenters. The summed E-state index contributed by atoms with van der Waals surface area (Å²) in [4.78, 5) is 2.89. The molecule has 68 valence electrons. The summed E-state index contributed by atoms with van der Waals surface area (Å²) in [5, 5.41) is 3.02. The average molecular weight is 196 g/mol. The maximum absolute atomic E-state index is 12.0. The van der Waals surface area contributed by atoms with Gasteiger partial charge in [0.05, 0.1) is 6.20 Å². The Morgan fingerprint density at radius 1 is 1.58 bits per heavy atom. The van der Waals surface area contributed by atoms with Gasteiger partial charge in [-0.15, -0.1) is 0 Å². The van der Waals surface area contributed by atoms with Crippen LogP contribution in [0.3, 0.4) is 0 Å². The first kappa shape index (κ1) is 9.31. The molecule has 1 aromatic rings. The van der Waals surface area contributed by atoms with E-state index in [1.54, 1.807) is 6.92 Å². The molecule has 1 heterocycles. The van der Waals surface area contributed by atoms with Crippen LogP contribution in [0.25, 0.3) is 0 Å². The smallest absolute Gasteiger partial charge is 0.362 e. The Balaban J connectivity index is 2.77. The Morgan fingerprint density at radius 3 is 2.67 bits per heavy atom. The van der Waals surface area contributed by atoms with E-state index < -0.39 is 11.1 Å². The van der Waals surface area contributed by atoms with Gasteiger partial charge in [0.15, 0.2) is 5.13 Å². The van der Waals surface area contributed by atoms with Gasteiger partial charge in [-0.25, -0.2) is 4.98 Å². The minimum absolute atomic E-state index is 0.310. The highest BCUT2D eigenvalue weighted by molar-refractivity contribution is 7.15. The molecule has 0 saturated heterocycles. The van der Waals surface area contributed by atoms with Crippen molar-refractivity contribution in [3.05, 3.63) is 11.1 Å². The van der Waals surface area contributed by atoms with E-state index in [9.17, 15) is 13.2 Å². The molecule has 6 heteroatoms. The van der Waals surface area contributed by atoms with Gasteiger partial charge in [-0.2, -0.15) is 13.2 Å². The Hall–Kier alpha value is -0.780. The van der Waals surface area contributed by atoms with Crippen molar-refractivity contribution in [2.24, 2.45) is 0 Å². The molecule has 0 amide bonds. The molecule has 0 radical (unpaired) electrons. The van der Waals surface area contributed by atoms with Crippen LogP contribution in [0.15, 0.2) is 6.20 Å². The van der Waals surface area contributed by atoms with E-state index >= 15 is 0 Å². The molecular weight excluding hydrogens is 189 g/mol. The van der Waals surface area contributed by atoms with Gasteiger partial charge in [-0.05, 0) is 6.92 Å². The molecule has 0 aliphatic carbocycles. The highest BCUT2D eigenvalue weighted by Crippen LogP contribution is 2.34. The van der Waals surface area contributed by atoms with Gasteiger partial charge in [0, 0.05) is 6.54 Å². The first-order valence-corrected chi connectivity index (χ1v) is 4.12. The minimum Gasteiger partial charge on any atom is -0.362 e. The Kier molecular flexibility index (Phi) is 2.56.